The van der Waals surface area contributed by atoms with Crippen molar-refractivity contribution >= 4 is 17.7 Å². The van der Waals surface area contributed by atoms with Crippen LogP contribution in [0, 0.1) is 0 Å². The molecule has 8 nitrogen and oxygen atoms in total. The van der Waals surface area contributed by atoms with E-state index >= 15 is 0 Å². The number of alkyl halides is 3. The van der Waals surface area contributed by atoms with E-state index in [1.807, 2.05) is 0 Å². The van der Waals surface area contributed by atoms with Crippen LogP contribution in [0.2, 0.25) is 0 Å². The van der Waals surface area contributed by atoms with E-state index in [1.54, 1.807) is 37.3 Å². The summed E-state index contributed by atoms with van der Waals surface area (Å²) in [6.45, 7) is 0.523. The second kappa shape index (κ2) is 10.6. The van der Waals surface area contributed by atoms with Crippen LogP contribution in [0.1, 0.15) is 12.5 Å². The molecule has 2 aromatic heterocycles. The number of pyridine rings is 1. The van der Waals surface area contributed by atoms with Gasteiger partial charge in [-0.15, -0.1) is 10.2 Å². The zero-order chi connectivity index (χ0) is 24.0. The fourth-order valence-electron chi connectivity index (χ4n) is 2.95. The Kier molecular flexibility index (Phi) is 7.79. The molecule has 1 unspecified atom stereocenters. The van der Waals surface area contributed by atoms with E-state index < -0.39 is 18.0 Å². The lowest BCUT2D eigenvalue weighted by Crippen LogP contribution is -2.31. The monoisotopic (exact) mass is 481 g/mol. The van der Waals surface area contributed by atoms with Gasteiger partial charge >= 0.3 is 6.18 Å². The zero-order valence-corrected chi connectivity index (χ0v) is 18.9. The topological polar surface area (TPSA) is 91.2 Å². The number of nitrogens with zero attached hydrogens (tertiary/aromatic N) is 4. The number of amides is 1. The van der Waals surface area contributed by atoms with Gasteiger partial charge in [0.15, 0.2) is 22.5 Å². The summed E-state index contributed by atoms with van der Waals surface area (Å²) < 4.78 is 51.0. The van der Waals surface area contributed by atoms with Crippen molar-refractivity contribution in [3.63, 3.8) is 0 Å². The first-order valence-electron chi connectivity index (χ1n) is 9.77. The van der Waals surface area contributed by atoms with Gasteiger partial charge in [-0.1, -0.05) is 17.8 Å². The Labute approximate surface area is 192 Å². The van der Waals surface area contributed by atoms with Crippen molar-refractivity contribution < 1.29 is 27.4 Å². The van der Waals surface area contributed by atoms with Crippen molar-refractivity contribution in [1.82, 2.24) is 25.1 Å². The summed E-state index contributed by atoms with van der Waals surface area (Å²) >= 11 is 0.900. The molecule has 0 fully saturated rings. The molecule has 1 amide bonds. The summed E-state index contributed by atoms with van der Waals surface area (Å²) in [7, 11) is 3.03. The van der Waals surface area contributed by atoms with E-state index in [9.17, 15) is 18.0 Å². The lowest BCUT2D eigenvalue weighted by Gasteiger charge is -2.15. The van der Waals surface area contributed by atoms with Crippen molar-refractivity contribution in [2.45, 2.75) is 36.6 Å². The lowest BCUT2D eigenvalue weighted by atomic mass is 10.2. The van der Waals surface area contributed by atoms with Gasteiger partial charge in [-0.25, -0.2) is 0 Å². The second-order valence-electron chi connectivity index (χ2n) is 6.91. The van der Waals surface area contributed by atoms with Crippen molar-refractivity contribution in [3.8, 4) is 22.9 Å². The van der Waals surface area contributed by atoms with Crippen LogP contribution >= 0.6 is 11.8 Å². The summed E-state index contributed by atoms with van der Waals surface area (Å²) in [6, 6.07) is 8.33. The highest BCUT2D eigenvalue weighted by Crippen LogP contribution is 2.30. The number of halogens is 3. The number of hydrogen-bond donors (Lipinski definition) is 1. The number of aromatic nitrogens is 4. The average molecular weight is 482 g/mol. The van der Waals surface area contributed by atoms with Gasteiger partial charge in [0.05, 0.1) is 19.5 Å². The van der Waals surface area contributed by atoms with Crippen molar-refractivity contribution in [2.75, 3.05) is 14.2 Å². The normalized spacial score (nSPS) is 12.3. The summed E-state index contributed by atoms with van der Waals surface area (Å²) in [5.41, 5.74) is 1.22. The van der Waals surface area contributed by atoms with E-state index in [2.05, 4.69) is 20.5 Å². The third kappa shape index (κ3) is 6.37. The fourth-order valence-corrected chi connectivity index (χ4v) is 3.82. The third-order valence-electron chi connectivity index (χ3n) is 4.56. The van der Waals surface area contributed by atoms with Crippen LogP contribution in [-0.2, 0) is 17.9 Å². The highest BCUT2D eigenvalue weighted by molar-refractivity contribution is 8.00. The molecule has 0 aliphatic heterocycles. The van der Waals surface area contributed by atoms with Gasteiger partial charge in [0, 0.05) is 24.5 Å². The Morgan fingerprint density at radius 1 is 1.12 bits per heavy atom. The zero-order valence-electron chi connectivity index (χ0n) is 18.1. The molecule has 176 valence electrons. The number of rotatable bonds is 9. The van der Waals surface area contributed by atoms with Gasteiger partial charge in [-0.05, 0) is 36.8 Å². The van der Waals surface area contributed by atoms with Crippen LogP contribution in [-0.4, -0.2) is 51.3 Å². The van der Waals surface area contributed by atoms with Crippen LogP contribution in [0.5, 0.6) is 11.5 Å². The van der Waals surface area contributed by atoms with Gasteiger partial charge in [0.1, 0.15) is 6.54 Å². The Morgan fingerprint density at radius 2 is 1.82 bits per heavy atom. The third-order valence-corrected chi connectivity index (χ3v) is 5.64. The minimum atomic E-state index is -4.49. The van der Waals surface area contributed by atoms with E-state index in [4.69, 9.17) is 9.47 Å². The number of carbonyl (C=O) groups is 1. The summed E-state index contributed by atoms with van der Waals surface area (Å²) in [4.78, 5) is 16.5. The lowest BCUT2D eigenvalue weighted by molar-refractivity contribution is -0.141. The smallest absolute Gasteiger partial charge is 0.406 e. The van der Waals surface area contributed by atoms with E-state index in [0.29, 0.717) is 17.1 Å². The second-order valence-corrected chi connectivity index (χ2v) is 8.22. The molecule has 0 saturated heterocycles. The average Bonchev–Trinajstić information content (AvgIpc) is 3.17. The maximum Gasteiger partial charge on any atom is 0.406 e. The molecule has 1 N–H and O–H groups in total. The van der Waals surface area contributed by atoms with E-state index in [-0.39, 0.29) is 23.4 Å². The highest BCUT2D eigenvalue weighted by Gasteiger charge is 2.32. The Hall–Kier alpha value is -3.28. The largest absolute Gasteiger partial charge is 0.493 e. The molecule has 0 radical (unpaired) electrons. The maximum absolute atomic E-state index is 13.2. The first-order chi connectivity index (χ1) is 15.7. The molecule has 1 aromatic carbocycles. The van der Waals surface area contributed by atoms with E-state index in [0.717, 1.165) is 21.9 Å². The van der Waals surface area contributed by atoms with Crippen LogP contribution < -0.4 is 14.8 Å². The number of methoxy groups -OCH3 is 2. The molecule has 0 aliphatic rings. The van der Waals surface area contributed by atoms with Crippen LogP contribution in [0.4, 0.5) is 13.2 Å². The number of benzene rings is 1. The minimum absolute atomic E-state index is 0.00657. The quantitative estimate of drug-likeness (QED) is 0.466. The maximum atomic E-state index is 13.2. The first kappa shape index (κ1) is 24.4. The molecule has 12 heteroatoms. The molecular formula is C21H22F3N5O3S. The first-order valence-corrected chi connectivity index (χ1v) is 10.7. The van der Waals surface area contributed by atoms with Gasteiger partial charge in [-0.3, -0.25) is 14.3 Å². The summed E-state index contributed by atoms with van der Waals surface area (Å²) in [5, 5.41) is 9.87. The predicted molar refractivity (Wildman–Crippen MR) is 116 cm³/mol. The Bertz CT molecular complexity index is 1090. The molecule has 2 heterocycles. The van der Waals surface area contributed by atoms with Crippen LogP contribution in [0.15, 0.2) is 47.9 Å². The van der Waals surface area contributed by atoms with Crippen LogP contribution in [0.25, 0.3) is 11.4 Å². The molecule has 0 spiro atoms. The number of nitrogens with one attached hydrogen (secondary N) is 1. The fraction of sp³-hybridized carbons (Fsp3) is 0.333. The minimum Gasteiger partial charge on any atom is -0.493 e. The van der Waals surface area contributed by atoms with Gasteiger partial charge in [0.2, 0.25) is 5.91 Å². The van der Waals surface area contributed by atoms with Gasteiger partial charge in [0.25, 0.3) is 0 Å². The highest BCUT2D eigenvalue weighted by atomic mass is 32.2. The predicted octanol–water partition coefficient (Wildman–Crippen LogP) is 3.72. The van der Waals surface area contributed by atoms with Crippen molar-refractivity contribution in [1.29, 1.82) is 0 Å². The molecule has 3 rings (SSSR count). The summed E-state index contributed by atoms with van der Waals surface area (Å²) in [6.07, 6.45) is -1.57. The standard InChI is InChI=1S/C21H22F3N5O3S/c1-13(19(30)26-11-14-4-5-16(31-2)17(10-14)32-3)33-20-28-27-18(15-6-8-25-9-7-15)29(20)12-21(22,23)24/h4-10,13H,11-12H2,1-3H3,(H,26,30). The van der Waals surface area contributed by atoms with Crippen LogP contribution in [0.3, 0.4) is 0 Å². The number of carbonyl (C=O) groups excluding carboxylic acids is 1. The Morgan fingerprint density at radius 3 is 2.45 bits per heavy atom. The molecule has 0 aliphatic carbocycles. The number of ether oxygens (including phenoxy) is 2. The van der Waals surface area contributed by atoms with Crippen molar-refractivity contribution in [3.05, 3.63) is 48.3 Å². The number of hydrogen-bond acceptors (Lipinski definition) is 7. The summed E-state index contributed by atoms with van der Waals surface area (Å²) in [5.74, 6) is 0.776. The molecular weight excluding hydrogens is 459 g/mol. The van der Waals surface area contributed by atoms with E-state index in [1.165, 1.54) is 26.6 Å². The van der Waals surface area contributed by atoms with Gasteiger partial charge in [-0.2, -0.15) is 13.2 Å². The molecule has 0 bridgehead atoms. The molecule has 0 saturated carbocycles. The Balaban J connectivity index is 1.72. The van der Waals surface area contributed by atoms with Crippen molar-refractivity contribution in [2.24, 2.45) is 0 Å². The molecule has 1 atom stereocenters. The molecule has 3 aromatic rings. The number of thioether (sulfide) groups is 1. The van der Waals surface area contributed by atoms with Gasteiger partial charge < -0.3 is 14.8 Å². The SMILES string of the molecule is COc1ccc(CNC(=O)C(C)Sc2nnc(-c3ccncc3)n2CC(F)(F)F)cc1OC. The molecule has 33 heavy (non-hydrogen) atoms.